The smallest absolute Gasteiger partial charge is 0.258 e. The number of halogens is 1. The first kappa shape index (κ1) is 17.4. The molecule has 2 aromatic rings. The Bertz CT molecular complexity index is 737. The van der Waals surface area contributed by atoms with Crippen molar-refractivity contribution in [2.24, 2.45) is 7.05 Å². The summed E-state index contributed by atoms with van der Waals surface area (Å²) in [7, 11) is 3.22. The molecular formula is C18H22FN3O3. The van der Waals surface area contributed by atoms with Crippen molar-refractivity contribution in [3.63, 3.8) is 0 Å². The summed E-state index contributed by atoms with van der Waals surface area (Å²) in [5, 5.41) is 7.09. The van der Waals surface area contributed by atoms with E-state index in [2.05, 4.69) is 10.4 Å². The number of aromatic nitrogens is 2. The maximum Gasteiger partial charge on any atom is 0.258 e. The monoisotopic (exact) mass is 347 g/mol. The lowest BCUT2D eigenvalue weighted by Crippen LogP contribution is -2.44. The van der Waals surface area contributed by atoms with Crippen molar-refractivity contribution in [1.82, 2.24) is 15.1 Å². The Balaban J connectivity index is 1.79. The molecule has 1 aromatic heterocycles. The van der Waals surface area contributed by atoms with Gasteiger partial charge >= 0.3 is 0 Å². The van der Waals surface area contributed by atoms with E-state index in [4.69, 9.17) is 9.47 Å². The van der Waals surface area contributed by atoms with Gasteiger partial charge < -0.3 is 14.8 Å². The van der Waals surface area contributed by atoms with Crippen LogP contribution in [0.1, 0.15) is 28.8 Å². The molecule has 1 aliphatic heterocycles. The van der Waals surface area contributed by atoms with Gasteiger partial charge in [-0.3, -0.25) is 9.48 Å². The van der Waals surface area contributed by atoms with Crippen LogP contribution in [0.4, 0.5) is 4.39 Å². The normalized spacial score (nSPS) is 16.4. The Morgan fingerprint density at radius 1 is 1.36 bits per heavy atom. The number of carbonyl (C=O) groups excluding carboxylic acids is 1. The lowest BCUT2D eigenvalue weighted by atomic mass is 9.74. The minimum atomic E-state index is -0.268. The van der Waals surface area contributed by atoms with Crippen molar-refractivity contribution in [2.45, 2.75) is 18.3 Å². The molecule has 1 N–H and O–H groups in total. The fraction of sp³-hybridized carbons (Fsp3) is 0.444. The van der Waals surface area contributed by atoms with Gasteiger partial charge in [0, 0.05) is 38.4 Å². The van der Waals surface area contributed by atoms with Gasteiger partial charge in [0.2, 0.25) is 5.88 Å². The molecule has 7 heteroatoms. The van der Waals surface area contributed by atoms with Crippen molar-refractivity contribution in [3.05, 3.63) is 47.4 Å². The minimum absolute atomic E-state index is 0.238. The standard InChI is InChI=1S/C18H22FN3O3/c1-22-11-15(17(21-22)24-2)16(23)20-12-18(7-9-25-10-8-18)13-3-5-14(19)6-4-13/h3-6,11H,7-10,12H2,1-2H3,(H,20,23). The summed E-state index contributed by atoms with van der Waals surface area (Å²) < 4.78 is 25.5. The average molecular weight is 347 g/mol. The zero-order valence-electron chi connectivity index (χ0n) is 14.4. The second-order valence-electron chi connectivity index (χ2n) is 6.31. The van der Waals surface area contributed by atoms with E-state index in [-0.39, 0.29) is 17.1 Å². The minimum Gasteiger partial charge on any atom is -0.479 e. The van der Waals surface area contributed by atoms with Crippen molar-refractivity contribution < 1.29 is 18.7 Å². The first-order valence-corrected chi connectivity index (χ1v) is 8.24. The summed E-state index contributed by atoms with van der Waals surface area (Å²) in [5.74, 6) is -0.212. The highest BCUT2D eigenvalue weighted by Gasteiger charge is 2.35. The molecule has 1 fully saturated rings. The van der Waals surface area contributed by atoms with E-state index >= 15 is 0 Å². The van der Waals surface area contributed by atoms with Crippen LogP contribution >= 0.6 is 0 Å². The predicted molar refractivity (Wildman–Crippen MR) is 90.2 cm³/mol. The molecule has 0 spiro atoms. The third-order valence-corrected chi connectivity index (χ3v) is 4.73. The average Bonchev–Trinajstić information content (AvgIpc) is 3.02. The Morgan fingerprint density at radius 3 is 2.68 bits per heavy atom. The van der Waals surface area contributed by atoms with E-state index in [1.807, 2.05) is 0 Å². The topological polar surface area (TPSA) is 65.4 Å². The summed E-state index contributed by atoms with van der Waals surface area (Å²) in [6.07, 6.45) is 3.16. The number of nitrogens with one attached hydrogen (secondary N) is 1. The number of benzene rings is 1. The third kappa shape index (κ3) is 3.66. The molecule has 134 valence electrons. The summed E-state index contributed by atoms with van der Waals surface area (Å²) in [4.78, 5) is 12.6. The Kier molecular flexibility index (Phi) is 5.03. The lowest BCUT2D eigenvalue weighted by Gasteiger charge is -2.38. The highest BCUT2D eigenvalue weighted by atomic mass is 19.1. The van der Waals surface area contributed by atoms with Crippen LogP contribution in [-0.4, -0.2) is 42.6 Å². The van der Waals surface area contributed by atoms with Gasteiger partial charge in [-0.05, 0) is 30.5 Å². The Morgan fingerprint density at radius 2 is 2.04 bits per heavy atom. The SMILES string of the molecule is COc1nn(C)cc1C(=O)NCC1(c2ccc(F)cc2)CCOCC1. The van der Waals surface area contributed by atoms with E-state index in [9.17, 15) is 9.18 Å². The Labute approximate surface area is 145 Å². The maximum atomic E-state index is 13.3. The van der Waals surface area contributed by atoms with Crippen LogP contribution in [0.3, 0.4) is 0 Å². The molecule has 1 amide bonds. The number of hydrogen-bond donors (Lipinski definition) is 1. The molecule has 0 unspecified atom stereocenters. The van der Waals surface area contributed by atoms with Gasteiger partial charge in [0.1, 0.15) is 11.4 Å². The number of rotatable bonds is 5. The van der Waals surface area contributed by atoms with Crippen LogP contribution < -0.4 is 10.1 Å². The molecule has 0 saturated carbocycles. The van der Waals surface area contributed by atoms with E-state index in [1.165, 1.54) is 23.9 Å². The zero-order chi connectivity index (χ0) is 17.9. The van der Waals surface area contributed by atoms with Crippen LogP contribution in [0.15, 0.2) is 30.5 Å². The maximum absolute atomic E-state index is 13.3. The molecule has 2 heterocycles. The van der Waals surface area contributed by atoms with Crippen molar-refractivity contribution >= 4 is 5.91 Å². The molecule has 0 radical (unpaired) electrons. The van der Waals surface area contributed by atoms with Gasteiger partial charge in [-0.1, -0.05) is 12.1 Å². The first-order valence-electron chi connectivity index (χ1n) is 8.24. The van der Waals surface area contributed by atoms with Crippen LogP contribution in [0, 0.1) is 5.82 Å². The number of amides is 1. The molecule has 0 bridgehead atoms. The number of ether oxygens (including phenoxy) is 2. The highest BCUT2D eigenvalue weighted by Crippen LogP contribution is 2.34. The second kappa shape index (κ2) is 7.23. The van der Waals surface area contributed by atoms with Crippen LogP contribution in [0.2, 0.25) is 0 Å². The molecular weight excluding hydrogens is 325 g/mol. The second-order valence-corrected chi connectivity index (χ2v) is 6.31. The van der Waals surface area contributed by atoms with E-state index in [0.717, 1.165) is 18.4 Å². The number of carbonyl (C=O) groups is 1. The molecule has 6 nitrogen and oxygen atoms in total. The van der Waals surface area contributed by atoms with Gasteiger partial charge in [-0.2, -0.15) is 0 Å². The van der Waals surface area contributed by atoms with Gasteiger partial charge in [-0.15, -0.1) is 5.10 Å². The summed E-state index contributed by atoms with van der Waals surface area (Å²) in [6.45, 7) is 1.67. The van der Waals surface area contributed by atoms with E-state index in [1.54, 1.807) is 25.4 Å². The molecule has 25 heavy (non-hydrogen) atoms. The summed E-state index contributed by atoms with van der Waals surface area (Å²) in [6, 6.07) is 6.49. The largest absolute Gasteiger partial charge is 0.479 e. The molecule has 0 aliphatic carbocycles. The fourth-order valence-corrected chi connectivity index (χ4v) is 3.25. The van der Waals surface area contributed by atoms with E-state index < -0.39 is 0 Å². The lowest BCUT2D eigenvalue weighted by molar-refractivity contribution is 0.0486. The van der Waals surface area contributed by atoms with Gasteiger partial charge in [0.05, 0.1) is 7.11 Å². The molecule has 1 aliphatic rings. The van der Waals surface area contributed by atoms with Crippen molar-refractivity contribution in [2.75, 3.05) is 26.9 Å². The van der Waals surface area contributed by atoms with Crippen LogP contribution in [0.5, 0.6) is 5.88 Å². The van der Waals surface area contributed by atoms with Crippen LogP contribution in [0.25, 0.3) is 0 Å². The third-order valence-electron chi connectivity index (χ3n) is 4.73. The van der Waals surface area contributed by atoms with Gasteiger partial charge in [0.15, 0.2) is 0 Å². The van der Waals surface area contributed by atoms with Crippen molar-refractivity contribution in [3.8, 4) is 5.88 Å². The van der Waals surface area contributed by atoms with Crippen LogP contribution in [-0.2, 0) is 17.2 Å². The quantitative estimate of drug-likeness (QED) is 0.899. The van der Waals surface area contributed by atoms with Gasteiger partial charge in [0.25, 0.3) is 5.91 Å². The molecule has 1 saturated heterocycles. The molecule has 3 rings (SSSR count). The Hall–Kier alpha value is -2.41. The number of aryl methyl sites for hydroxylation is 1. The first-order chi connectivity index (χ1) is 12.0. The highest BCUT2D eigenvalue weighted by molar-refractivity contribution is 5.96. The van der Waals surface area contributed by atoms with Crippen molar-refractivity contribution in [1.29, 1.82) is 0 Å². The van der Waals surface area contributed by atoms with Gasteiger partial charge in [-0.25, -0.2) is 4.39 Å². The molecule has 1 aromatic carbocycles. The summed E-state index contributed by atoms with van der Waals surface area (Å²) >= 11 is 0. The number of hydrogen-bond acceptors (Lipinski definition) is 4. The zero-order valence-corrected chi connectivity index (χ0v) is 14.4. The number of methoxy groups -OCH3 is 1. The number of nitrogens with zero attached hydrogens (tertiary/aromatic N) is 2. The van der Waals surface area contributed by atoms with E-state index in [0.29, 0.717) is 31.2 Å². The predicted octanol–water partition coefficient (Wildman–Crippen LogP) is 2.05. The molecule has 0 atom stereocenters. The fourth-order valence-electron chi connectivity index (χ4n) is 3.25. The summed E-state index contributed by atoms with van der Waals surface area (Å²) in [5.41, 5.74) is 1.14.